The highest BCUT2D eigenvalue weighted by molar-refractivity contribution is 7.21. The highest BCUT2D eigenvalue weighted by atomic mass is 32.1. The maximum absolute atomic E-state index is 13.0. The van der Waals surface area contributed by atoms with Crippen molar-refractivity contribution in [3.05, 3.63) is 52.3 Å². The van der Waals surface area contributed by atoms with Crippen LogP contribution in [0, 0.1) is 0 Å². The number of amides is 1. The molecule has 0 saturated carbocycles. The number of anilines is 1. The van der Waals surface area contributed by atoms with E-state index in [1.807, 2.05) is 29.6 Å². The van der Waals surface area contributed by atoms with Crippen LogP contribution in [0.2, 0.25) is 0 Å². The molecule has 1 aliphatic rings. The van der Waals surface area contributed by atoms with Crippen LogP contribution < -0.4 is 4.90 Å². The van der Waals surface area contributed by atoms with Gasteiger partial charge in [-0.05, 0) is 30.5 Å². The average Bonchev–Trinajstić information content (AvgIpc) is 3.43. The second-order valence-corrected chi connectivity index (χ2v) is 8.86. The Morgan fingerprint density at radius 1 is 1.26 bits per heavy atom. The van der Waals surface area contributed by atoms with E-state index in [0.717, 1.165) is 33.3 Å². The van der Waals surface area contributed by atoms with E-state index >= 15 is 0 Å². The lowest BCUT2D eigenvalue weighted by atomic mass is 10.1. The minimum absolute atomic E-state index is 0.0539. The topological polar surface area (TPSA) is 40.8 Å². The fraction of sp³-hybridized carbons (Fsp3) is 0.300. The quantitative estimate of drug-likeness (QED) is 0.511. The summed E-state index contributed by atoms with van der Waals surface area (Å²) in [5.74, 6) is 0.0539. The first-order valence-electron chi connectivity index (χ1n) is 9.14. The van der Waals surface area contributed by atoms with Crippen molar-refractivity contribution in [2.24, 2.45) is 0 Å². The predicted octanol–water partition coefficient (Wildman–Crippen LogP) is 4.48. The first kappa shape index (κ1) is 16.8. The Hall–Kier alpha value is -2.38. The van der Waals surface area contributed by atoms with Gasteiger partial charge in [0.05, 0.1) is 10.4 Å². The summed E-state index contributed by atoms with van der Waals surface area (Å²) in [4.78, 5) is 24.5. The molecule has 4 heterocycles. The average molecular weight is 397 g/mol. The number of para-hydroxylation sites is 1. The lowest BCUT2D eigenvalue weighted by Gasteiger charge is -2.24. The standard InChI is InChI=1S/C20H20N4OS2/c1-22(13-14-6-2-3-7-15(14)23-8-4-5-9-23)19(25)17-12-16-18(27-17)21-20-24(16)10-11-26-20/h2-3,6-7,10-12H,4-5,8-9,13H2,1H3. The first-order chi connectivity index (χ1) is 13.2. The Morgan fingerprint density at radius 2 is 2.07 bits per heavy atom. The van der Waals surface area contributed by atoms with Gasteiger partial charge in [0.1, 0.15) is 4.83 Å². The van der Waals surface area contributed by atoms with Crippen molar-refractivity contribution in [2.75, 3.05) is 25.0 Å². The van der Waals surface area contributed by atoms with E-state index in [1.165, 1.54) is 35.4 Å². The molecule has 27 heavy (non-hydrogen) atoms. The van der Waals surface area contributed by atoms with Gasteiger partial charge in [-0.3, -0.25) is 9.20 Å². The van der Waals surface area contributed by atoms with Crippen LogP contribution in [0.3, 0.4) is 0 Å². The summed E-state index contributed by atoms with van der Waals surface area (Å²) in [5, 5.41) is 2.02. The van der Waals surface area contributed by atoms with Gasteiger partial charge in [0.15, 0.2) is 4.96 Å². The van der Waals surface area contributed by atoms with Crippen LogP contribution in [0.1, 0.15) is 28.1 Å². The van der Waals surface area contributed by atoms with Crippen molar-refractivity contribution in [2.45, 2.75) is 19.4 Å². The second kappa shape index (κ2) is 6.65. The summed E-state index contributed by atoms with van der Waals surface area (Å²) >= 11 is 3.09. The summed E-state index contributed by atoms with van der Waals surface area (Å²) in [7, 11) is 1.88. The SMILES string of the molecule is CN(Cc1ccccc1N1CCCC1)C(=O)c1cc2c(nc3sccn32)s1. The van der Waals surface area contributed by atoms with Gasteiger partial charge >= 0.3 is 0 Å². The Balaban J connectivity index is 1.40. The van der Waals surface area contributed by atoms with Crippen molar-refractivity contribution in [1.82, 2.24) is 14.3 Å². The molecule has 1 aliphatic heterocycles. The number of aromatic nitrogens is 2. The third kappa shape index (κ3) is 2.91. The summed E-state index contributed by atoms with van der Waals surface area (Å²) in [6, 6.07) is 10.4. The molecule has 0 spiro atoms. The number of carbonyl (C=O) groups is 1. The lowest BCUT2D eigenvalue weighted by Crippen LogP contribution is -2.27. The van der Waals surface area contributed by atoms with Gasteiger partial charge in [0.2, 0.25) is 0 Å². The number of imidazole rings is 1. The lowest BCUT2D eigenvalue weighted by molar-refractivity contribution is 0.0790. The van der Waals surface area contributed by atoms with Gasteiger partial charge in [-0.25, -0.2) is 4.98 Å². The van der Waals surface area contributed by atoms with Gasteiger partial charge in [-0.2, -0.15) is 0 Å². The van der Waals surface area contributed by atoms with Gasteiger partial charge in [0.25, 0.3) is 5.91 Å². The summed E-state index contributed by atoms with van der Waals surface area (Å²) in [6.07, 6.45) is 4.50. The summed E-state index contributed by atoms with van der Waals surface area (Å²) < 4.78 is 2.05. The van der Waals surface area contributed by atoms with E-state index < -0.39 is 0 Å². The molecule has 1 saturated heterocycles. The molecular formula is C20H20N4OS2. The minimum Gasteiger partial charge on any atom is -0.371 e. The number of thiazole rings is 1. The Labute approximate surface area is 165 Å². The van der Waals surface area contributed by atoms with Crippen LogP contribution in [0.25, 0.3) is 15.3 Å². The number of nitrogens with zero attached hydrogens (tertiary/aromatic N) is 4. The smallest absolute Gasteiger partial charge is 0.264 e. The van der Waals surface area contributed by atoms with E-state index in [-0.39, 0.29) is 5.91 Å². The van der Waals surface area contributed by atoms with E-state index in [2.05, 4.69) is 38.6 Å². The largest absolute Gasteiger partial charge is 0.371 e. The van der Waals surface area contributed by atoms with Gasteiger partial charge in [-0.1, -0.05) is 18.2 Å². The highest BCUT2D eigenvalue weighted by Gasteiger charge is 2.21. The Morgan fingerprint density at radius 3 is 2.93 bits per heavy atom. The maximum atomic E-state index is 13.0. The summed E-state index contributed by atoms with van der Waals surface area (Å²) in [5.41, 5.74) is 3.49. The molecule has 1 amide bonds. The molecule has 7 heteroatoms. The number of thiophene rings is 1. The molecule has 0 aliphatic carbocycles. The molecule has 5 rings (SSSR count). The molecule has 0 unspecified atom stereocenters. The van der Waals surface area contributed by atoms with Crippen LogP contribution in [0.4, 0.5) is 5.69 Å². The number of carbonyl (C=O) groups excluding carboxylic acids is 1. The molecule has 0 bridgehead atoms. The molecule has 5 nitrogen and oxygen atoms in total. The monoisotopic (exact) mass is 396 g/mol. The Kier molecular flexibility index (Phi) is 4.13. The van der Waals surface area contributed by atoms with Crippen LogP contribution >= 0.6 is 22.7 Å². The molecule has 0 N–H and O–H groups in total. The molecule has 0 radical (unpaired) electrons. The molecule has 1 fully saturated rings. The fourth-order valence-corrected chi connectivity index (χ4v) is 5.57. The van der Waals surface area contributed by atoms with Gasteiger partial charge < -0.3 is 9.80 Å². The maximum Gasteiger partial charge on any atom is 0.264 e. The number of hydrogen-bond donors (Lipinski definition) is 0. The number of hydrogen-bond acceptors (Lipinski definition) is 5. The van der Waals surface area contributed by atoms with Crippen LogP contribution in [-0.4, -0.2) is 40.3 Å². The van der Waals surface area contributed by atoms with Crippen molar-refractivity contribution >= 4 is 49.6 Å². The third-order valence-corrected chi connectivity index (χ3v) is 6.91. The number of fused-ring (bicyclic) bond motifs is 3. The molecule has 1 aromatic carbocycles. The van der Waals surface area contributed by atoms with E-state index in [9.17, 15) is 4.79 Å². The van der Waals surface area contributed by atoms with Gasteiger partial charge in [-0.15, -0.1) is 22.7 Å². The number of benzene rings is 1. The van der Waals surface area contributed by atoms with Crippen molar-refractivity contribution in [3.8, 4) is 0 Å². The second-order valence-electron chi connectivity index (χ2n) is 6.95. The molecule has 3 aromatic heterocycles. The minimum atomic E-state index is 0.0539. The van der Waals surface area contributed by atoms with Crippen molar-refractivity contribution < 1.29 is 4.79 Å². The van der Waals surface area contributed by atoms with Crippen molar-refractivity contribution in [3.63, 3.8) is 0 Å². The zero-order valence-corrected chi connectivity index (χ0v) is 16.7. The zero-order chi connectivity index (χ0) is 18.4. The predicted molar refractivity (Wildman–Crippen MR) is 112 cm³/mol. The fourth-order valence-electron chi connectivity index (χ4n) is 3.78. The summed E-state index contributed by atoms with van der Waals surface area (Å²) in [6.45, 7) is 2.82. The van der Waals surface area contributed by atoms with E-state index in [1.54, 1.807) is 11.3 Å². The van der Waals surface area contributed by atoms with E-state index in [0.29, 0.717) is 6.54 Å². The first-order valence-corrected chi connectivity index (χ1v) is 10.8. The molecule has 4 aromatic rings. The zero-order valence-electron chi connectivity index (χ0n) is 15.1. The Bertz CT molecular complexity index is 1120. The number of rotatable bonds is 4. The third-order valence-electron chi connectivity index (χ3n) is 5.14. The van der Waals surface area contributed by atoms with Gasteiger partial charge in [0, 0.05) is 43.9 Å². The van der Waals surface area contributed by atoms with E-state index in [4.69, 9.17) is 0 Å². The molecular weight excluding hydrogens is 376 g/mol. The van der Waals surface area contributed by atoms with Crippen molar-refractivity contribution in [1.29, 1.82) is 0 Å². The molecule has 138 valence electrons. The van der Waals surface area contributed by atoms with Crippen LogP contribution in [0.15, 0.2) is 41.9 Å². The molecule has 0 atom stereocenters. The highest BCUT2D eigenvalue weighted by Crippen LogP contribution is 2.30. The van der Waals surface area contributed by atoms with Crippen LogP contribution in [0.5, 0.6) is 0 Å². The normalized spacial score (nSPS) is 14.5. The van der Waals surface area contributed by atoms with Crippen LogP contribution in [-0.2, 0) is 6.54 Å².